The number of carbonyl (C=O) groups is 3. The first-order chi connectivity index (χ1) is 16.5. The Morgan fingerprint density at radius 2 is 1.63 bits per heavy atom. The zero-order chi connectivity index (χ0) is 26.2. The van der Waals surface area contributed by atoms with Crippen molar-refractivity contribution >= 4 is 20.9 Å². The van der Waals surface area contributed by atoms with E-state index in [1.165, 1.54) is 27.2 Å². The van der Waals surface area contributed by atoms with Gasteiger partial charge in [0, 0.05) is 0 Å². The van der Waals surface area contributed by atoms with Crippen LogP contribution >= 0.6 is 0 Å². The Balaban J connectivity index is 2.37. The second-order valence-electron chi connectivity index (χ2n) is 7.40. The second-order valence-corrected chi connectivity index (χ2v) is 12.6. The molecule has 0 aromatic heterocycles. The number of esters is 1. The summed E-state index contributed by atoms with van der Waals surface area (Å²) in [7, 11) is 2.78. The number of ether oxygens (including phenoxy) is 3. The van der Waals surface area contributed by atoms with Crippen molar-refractivity contribution in [1.82, 2.24) is 5.32 Å². The van der Waals surface area contributed by atoms with Gasteiger partial charge in [0.2, 0.25) is 0 Å². The Morgan fingerprint density at radius 1 is 1.03 bits per heavy atom. The normalized spacial score (nSPS) is 11.6. The third-order valence-electron chi connectivity index (χ3n) is 4.91. The molecule has 8 nitrogen and oxygen atoms in total. The Hall–Kier alpha value is -2.82. The summed E-state index contributed by atoms with van der Waals surface area (Å²) >= 11 is -2.71. The Labute approximate surface area is 213 Å². The number of alkyl halides is 3. The zero-order valence-electron chi connectivity index (χ0n) is 19.7. The number of hydrogen-bond donors (Lipinski definition) is 1. The Kier molecular flexibility index (Phi) is 10.4. The van der Waals surface area contributed by atoms with Crippen LogP contribution in [0.3, 0.4) is 0 Å². The predicted octanol–water partition coefficient (Wildman–Crippen LogP) is 2.64. The molecule has 1 N–H and O–H groups in total. The number of halogens is 3. The summed E-state index contributed by atoms with van der Waals surface area (Å²) in [6.07, 6.45) is -5.52. The van der Waals surface area contributed by atoms with Gasteiger partial charge in [-0.2, -0.15) is 0 Å². The number of hydrogen-bond acceptors (Lipinski definition) is 7. The molecule has 0 fully saturated rings. The van der Waals surface area contributed by atoms with E-state index >= 15 is 0 Å². The van der Waals surface area contributed by atoms with Crippen molar-refractivity contribution in [1.29, 1.82) is 0 Å². The van der Waals surface area contributed by atoms with Gasteiger partial charge in [0.1, 0.15) is 0 Å². The van der Waals surface area contributed by atoms with E-state index in [0.717, 1.165) is 5.56 Å². The van der Waals surface area contributed by atoms with Crippen molar-refractivity contribution < 1.29 is 69.4 Å². The molecule has 2 aromatic rings. The van der Waals surface area contributed by atoms with Crippen molar-refractivity contribution in [2.24, 2.45) is 0 Å². The molecular formula is C23H24F3HgNO7. The van der Waals surface area contributed by atoms with Gasteiger partial charge in [-0.05, 0) is 0 Å². The van der Waals surface area contributed by atoms with Crippen molar-refractivity contribution in [2.75, 3.05) is 20.8 Å². The molecule has 0 saturated heterocycles. The van der Waals surface area contributed by atoms with Gasteiger partial charge < -0.3 is 0 Å². The molecule has 0 aliphatic heterocycles. The average molecular weight is 684 g/mol. The maximum atomic E-state index is 12.8. The molecule has 1 amide bonds. The van der Waals surface area contributed by atoms with Gasteiger partial charge >= 0.3 is 214 Å². The van der Waals surface area contributed by atoms with Crippen LogP contribution in [0.5, 0.6) is 11.5 Å². The van der Waals surface area contributed by atoms with Crippen LogP contribution in [0, 0.1) is 6.92 Å². The molecule has 2 rings (SSSR count). The number of amides is 1. The molecule has 186 valence electrons. The van der Waals surface area contributed by atoms with Gasteiger partial charge in [-0.15, -0.1) is 0 Å². The van der Waals surface area contributed by atoms with Gasteiger partial charge in [0.25, 0.3) is 0 Å². The Morgan fingerprint density at radius 3 is 2.17 bits per heavy atom. The van der Waals surface area contributed by atoms with E-state index < -0.39 is 55.1 Å². The minimum atomic E-state index is -5.19. The molecule has 0 bridgehead atoms. The first kappa shape index (κ1) is 28.4. The van der Waals surface area contributed by atoms with Crippen LogP contribution in [-0.4, -0.2) is 50.9 Å². The predicted molar refractivity (Wildman–Crippen MR) is 114 cm³/mol. The van der Waals surface area contributed by atoms with Crippen molar-refractivity contribution in [2.45, 2.75) is 32.5 Å². The summed E-state index contributed by atoms with van der Waals surface area (Å²) in [5.41, 5.74) is 1.71. The fourth-order valence-corrected chi connectivity index (χ4v) is 7.59. The number of aryl methyl sites for hydroxylation is 1. The van der Waals surface area contributed by atoms with Gasteiger partial charge in [-0.3, -0.25) is 0 Å². The molecule has 0 aliphatic carbocycles. The van der Waals surface area contributed by atoms with Crippen LogP contribution in [0.4, 0.5) is 13.2 Å². The van der Waals surface area contributed by atoms with E-state index in [2.05, 4.69) is 0 Å². The van der Waals surface area contributed by atoms with Crippen molar-refractivity contribution in [3.8, 4) is 11.5 Å². The molecule has 12 heteroatoms. The fraction of sp³-hybridized carbons (Fsp3) is 0.348. The van der Waals surface area contributed by atoms with E-state index in [1.807, 2.05) is 6.92 Å². The van der Waals surface area contributed by atoms with Crippen LogP contribution < -0.4 is 17.9 Å². The molecular weight excluding hydrogens is 660 g/mol. The molecule has 35 heavy (non-hydrogen) atoms. The van der Waals surface area contributed by atoms with E-state index in [0.29, 0.717) is 19.9 Å². The van der Waals surface area contributed by atoms with Crippen LogP contribution in [0.1, 0.15) is 28.4 Å². The first-order valence-corrected chi connectivity index (χ1v) is 15.5. The third kappa shape index (κ3) is 8.12. The zero-order valence-corrected chi connectivity index (χ0v) is 25.2. The number of rotatable bonds is 10. The van der Waals surface area contributed by atoms with Crippen LogP contribution in [-0.2, 0) is 48.4 Å². The summed E-state index contributed by atoms with van der Waals surface area (Å²) in [6, 6.07) is 8.23. The van der Waals surface area contributed by atoms with Gasteiger partial charge in [0.15, 0.2) is 0 Å². The maximum absolute atomic E-state index is 12.8. The van der Waals surface area contributed by atoms with E-state index in [1.54, 1.807) is 35.6 Å². The van der Waals surface area contributed by atoms with E-state index in [-0.39, 0.29) is 18.8 Å². The van der Waals surface area contributed by atoms with Crippen LogP contribution in [0.25, 0.3) is 0 Å². The van der Waals surface area contributed by atoms with Crippen LogP contribution in [0.2, 0.25) is 0 Å². The second kappa shape index (κ2) is 12.8. The summed E-state index contributed by atoms with van der Waals surface area (Å²) in [5, 5.41) is 1.69. The fourth-order valence-electron chi connectivity index (χ4n) is 3.10. The molecule has 0 aliphatic rings. The number of benzene rings is 2. The van der Waals surface area contributed by atoms with Gasteiger partial charge in [-0.25, -0.2) is 0 Å². The quantitative estimate of drug-likeness (QED) is 0.304. The van der Waals surface area contributed by atoms with Gasteiger partial charge in [-0.1, -0.05) is 0 Å². The number of nitrogens with one attached hydrogen (secondary N) is 1. The molecule has 0 spiro atoms. The molecule has 0 radical (unpaired) electrons. The molecule has 1 unspecified atom stereocenters. The topological polar surface area (TPSA) is 100 Å². The minimum absolute atomic E-state index is 0.0931. The third-order valence-corrected chi connectivity index (χ3v) is 10.3. The monoisotopic (exact) mass is 685 g/mol. The Bertz CT molecular complexity index is 1060. The summed E-state index contributed by atoms with van der Waals surface area (Å²) in [4.78, 5) is 36.4. The van der Waals surface area contributed by atoms with E-state index in [9.17, 15) is 27.6 Å². The van der Waals surface area contributed by atoms with E-state index in [4.69, 9.17) is 16.9 Å². The number of methoxy groups -OCH3 is 2. The first-order valence-electron chi connectivity index (χ1n) is 10.5. The molecule has 0 saturated carbocycles. The van der Waals surface area contributed by atoms with Crippen molar-refractivity contribution in [3.05, 3.63) is 53.1 Å². The van der Waals surface area contributed by atoms with Crippen LogP contribution in [0.15, 0.2) is 36.4 Å². The summed E-state index contributed by atoms with van der Waals surface area (Å²) < 4.78 is 60.1. The molecule has 2 aromatic carbocycles. The summed E-state index contributed by atoms with van der Waals surface area (Å²) in [5.74, 6) is -3.24. The van der Waals surface area contributed by atoms with Gasteiger partial charge in [0.05, 0.1) is 0 Å². The SMILES string of the molecule is CCOC(=O)C(Cc1cc(OC)c(OC)c[c]1[Hg][O]C(=O)c1ccc(C)cc1)NC(=O)C(F)(F)F. The van der Waals surface area contributed by atoms with Crippen molar-refractivity contribution in [3.63, 3.8) is 0 Å². The average Bonchev–Trinajstić information content (AvgIpc) is 2.82. The number of carbonyl (C=O) groups excluding carboxylic acids is 3. The summed E-state index contributed by atoms with van der Waals surface area (Å²) in [6.45, 7) is 3.27. The molecule has 0 heterocycles. The molecule has 1 atom stereocenters. The standard InChI is InChI=1S/C15H17F3NO5.C8H8O2.Hg/c1-4-24-13(20)10(19-14(21)15(16,17)18)7-9-5-6-11(22-2)12(8-9)23-3;1-6-2-4-7(5-3-6)8(9)10;/h6,8,10H,4,7H2,1-3H3,(H,19,21);2-5H,1H3,(H,9,10);/q;;+1/p-1.